The fourth-order valence-corrected chi connectivity index (χ4v) is 2.02. The van der Waals surface area contributed by atoms with E-state index in [1.807, 2.05) is 37.3 Å². The predicted octanol–water partition coefficient (Wildman–Crippen LogP) is 2.41. The quantitative estimate of drug-likeness (QED) is 0.909. The Morgan fingerprint density at radius 3 is 2.75 bits per heavy atom. The molecule has 1 amide bonds. The van der Waals surface area contributed by atoms with E-state index in [1.165, 1.54) is 0 Å². The Kier molecular flexibility index (Phi) is 4.53. The monoisotopic (exact) mass is 274 g/mol. The third kappa shape index (κ3) is 3.05. The highest BCUT2D eigenvalue weighted by molar-refractivity contribution is 6.00. The lowest BCUT2D eigenvalue weighted by Crippen LogP contribution is -2.36. The van der Waals surface area contributed by atoms with Crippen molar-refractivity contribution in [3.05, 3.63) is 41.7 Å². The van der Waals surface area contributed by atoms with E-state index in [2.05, 4.69) is 10.5 Å². The van der Waals surface area contributed by atoms with Gasteiger partial charge in [-0.05, 0) is 13.8 Å². The molecule has 5 nitrogen and oxygen atoms in total. The highest BCUT2D eigenvalue weighted by Gasteiger charge is 2.22. The van der Waals surface area contributed by atoms with Gasteiger partial charge >= 0.3 is 0 Å². The van der Waals surface area contributed by atoms with Crippen LogP contribution in [0.3, 0.4) is 0 Å². The summed E-state index contributed by atoms with van der Waals surface area (Å²) < 4.78 is 10.2. The highest BCUT2D eigenvalue weighted by Crippen LogP contribution is 2.24. The second-order valence-corrected chi connectivity index (χ2v) is 4.66. The molecule has 0 saturated carbocycles. The van der Waals surface area contributed by atoms with Gasteiger partial charge in [-0.1, -0.05) is 35.5 Å². The summed E-state index contributed by atoms with van der Waals surface area (Å²) in [5.74, 6) is 0.304. The SMILES string of the molecule is COC[C@H](C)NC(=O)c1c(-c2ccccc2)noc1C. The van der Waals surface area contributed by atoms with Gasteiger partial charge in [0.15, 0.2) is 0 Å². The minimum absolute atomic E-state index is 0.0783. The van der Waals surface area contributed by atoms with E-state index in [0.29, 0.717) is 23.6 Å². The number of hydrogen-bond acceptors (Lipinski definition) is 4. The number of aryl methyl sites for hydroxylation is 1. The average Bonchev–Trinajstić information content (AvgIpc) is 2.82. The van der Waals surface area contributed by atoms with E-state index in [9.17, 15) is 4.79 Å². The number of nitrogens with one attached hydrogen (secondary N) is 1. The summed E-state index contributed by atoms with van der Waals surface area (Å²) in [6.07, 6.45) is 0. The fraction of sp³-hybridized carbons (Fsp3) is 0.333. The number of aromatic nitrogens is 1. The topological polar surface area (TPSA) is 64.4 Å². The van der Waals surface area contributed by atoms with Gasteiger partial charge in [0.1, 0.15) is 17.0 Å². The number of carbonyl (C=O) groups is 1. The molecular weight excluding hydrogens is 256 g/mol. The van der Waals surface area contributed by atoms with Crippen LogP contribution in [0.25, 0.3) is 11.3 Å². The van der Waals surface area contributed by atoms with Crippen LogP contribution < -0.4 is 5.32 Å². The molecule has 0 aliphatic heterocycles. The molecule has 1 atom stereocenters. The highest BCUT2D eigenvalue weighted by atomic mass is 16.5. The number of hydrogen-bond donors (Lipinski definition) is 1. The van der Waals surface area contributed by atoms with Crippen molar-refractivity contribution in [1.29, 1.82) is 0 Å². The van der Waals surface area contributed by atoms with Gasteiger partial charge in [0.05, 0.1) is 6.61 Å². The number of carbonyl (C=O) groups excluding carboxylic acids is 1. The second kappa shape index (κ2) is 6.34. The molecule has 0 fully saturated rings. The third-order valence-corrected chi connectivity index (χ3v) is 2.93. The number of amides is 1. The molecule has 1 aromatic carbocycles. The molecule has 0 aliphatic rings. The van der Waals surface area contributed by atoms with Gasteiger partial charge in [-0.15, -0.1) is 0 Å². The summed E-state index contributed by atoms with van der Waals surface area (Å²) in [6, 6.07) is 9.42. The number of ether oxygens (including phenoxy) is 1. The van der Waals surface area contributed by atoms with Gasteiger partial charge in [0.2, 0.25) is 0 Å². The van der Waals surface area contributed by atoms with Gasteiger partial charge in [-0.3, -0.25) is 4.79 Å². The maximum Gasteiger partial charge on any atom is 0.257 e. The van der Waals surface area contributed by atoms with E-state index < -0.39 is 0 Å². The van der Waals surface area contributed by atoms with E-state index in [0.717, 1.165) is 5.56 Å². The summed E-state index contributed by atoms with van der Waals surface area (Å²) >= 11 is 0. The van der Waals surface area contributed by atoms with Crippen LogP contribution in [-0.2, 0) is 4.74 Å². The molecule has 20 heavy (non-hydrogen) atoms. The third-order valence-electron chi connectivity index (χ3n) is 2.93. The maximum absolute atomic E-state index is 12.3. The van der Waals surface area contributed by atoms with Crippen LogP contribution in [0.15, 0.2) is 34.9 Å². The van der Waals surface area contributed by atoms with Crippen molar-refractivity contribution in [2.45, 2.75) is 19.9 Å². The van der Waals surface area contributed by atoms with Crippen molar-refractivity contribution in [3.63, 3.8) is 0 Å². The second-order valence-electron chi connectivity index (χ2n) is 4.66. The standard InChI is InChI=1S/C15H18N2O3/c1-10(9-19-3)16-15(18)13-11(2)20-17-14(13)12-7-5-4-6-8-12/h4-8,10H,9H2,1-3H3,(H,16,18)/t10-/m0/s1. The van der Waals surface area contributed by atoms with Crippen molar-refractivity contribution in [2.75, 3.05) is 13.7 Å². The van der Waals surface area contributed by atoms with E-state index in [-0.39, 0.29) is 11.9 Å². The molecule has 0 saturated heterocycles. The molecule has 1 heterocycles. The normalized spacial score (nSPS) is 12.2. The fourth-order valence-electron chi connectivity index (χ4n) is 2.02. The largest absolute Gasteiger partial charge is 0.383 e. The first-order chi connectivity index (χ1) is 9.63. The Balaban J connectivity index is 2.28. The molecule has 106 valence electrons. The van der Waals surface area contributed by atoms with Crippen molar-refractivity contribution in [2.24, 2.45) is 0 Å². The average molecular weight is 274 g/mol. The van der Waals surface area contributed by atoms with Crippen molar-refractivity contribution in [1.82, 2.24) is 10.5 Å². The van der Waals surface area contributed by atoms with Crippen molar-refractivity contribution >= 4 is 5.91 Å². The van der Waals surface area contributed by atoms with Gasteiger partial charge < -0.3 is 14.6 Å². The first-order valence-electron chi connectivity index (χ1n) is 6.45. The minimum Gasteiger partial charge on any atom is -0.383 e. The van der Waals surface area contributed by atoms with Crippen molar-refractivity contribution in [3.8, 4) is 11.3 Å². The first kappa shape index (κ1) is 14.3. The van der Waals surface area contributed by atoms with Crippen molar-refractivity contribution < 1.29 is 14.1 Å². The molecule has 1 aromatic heterocycles. The van der Waals surface area contributed by atoms with Crippen LogP contribution in [-0.4, -0.2) is 30.8 Å². The summed E-state index contributed by atoms with van der Waals surface area (Å²) in [4.78, 5) is 12.3. The Bertz CT molecular complexity index is 578. The molecule has 2 rings (SSSR count). The summed E-state index contributed by atoms with van der Waals surface area (Å²) in [5, 5.41) is 6.86. The van der Waals surface area contributed by atoms with Gasteiger partial charge in [0.25, 0.3) is 5.91 Å². The number of benzene rings is 1. The molecule has 1 N–H and O–H groups in total. The Labute approximate surface area is 117 Å². The van der Waals surface area contributed by atoms with Crippen LogP contribution in [0.5, 0.6) is 0 Å². The van der Waals surface area contributed by atoms with Gasteiger partial charge in [-0.25, -0.2) is 0 Å². The van der Waals surface area contributed by atoms with Crippen LogP contribution in [0, 0.1) is 6.92 Å². The molecular formula is C15H18N2O3. The molecule has 0 radical (unpaired) electrons. The van der Waals surface area contributed by atoms with E-state index in [1.54, 1.807) is 14.0 Å². The minimum atomic E-state index is -0.202. The molecule has 0 aliphatic carbocycles. The number of nitrogens with zero attached hydrogens (tertiary/aromatic N) is 1. The Hall–Kier alpha value is -2.14. The van der Waals surface area contributed by atoms with Crippen LogP contribution in [0.2, 0.25) is 0 Å². The van der Waals surface area contributed by atoms with E-state index in [4.69, 9.17) is 9.26 Å². The lowest BCUT2D eigenvalue weighted by molar-refractivity contribution is 0.0904. The maximum atomic E-state index is 12.3. The molecule has 0 spiro atoms. The van der Waals surface area contributed by atoms with E-state index >= 15 is 0 Å². The predicted molar refractivity (Wildman–Crippen MR) is 75.5 cm³/mol. The number of methoxy groups -OCH3 is 1. The van der Waals surface area contributed by atoms with Gasteiger partial charge in [0, 0.05) is 18.7 Å². The Morgan fingerprint density at radius 1 is 1.40 bits per heavy atom. The molecule has 5 heteroatoms. The molecule has 2 aromatic rings. The Morgan fingerprint density at radius 2 is 2.10 bits per heavy atom. The summed E-state index contributed by atoms with van der Waals surface area (Å²) in [7, 11) is 1.60. The summed E-state index contributed by atoms with van der Waals surface area (Å²) in [6.45, 7) is 4.07. The van der Waals surface area contributed by atoms with Crippen LogP contribution >= 0.6 is 0 Å². The zero-order chi connectivity index (χ0) is 14.5. The lowest BCUT2D eigenvalue weighted by atomic mass is 10.1. The number of rotatable bonds is 5. The molecule has 0 unspecified atom stereocenters. The first-order valence-corrected chi connectivity index (χ1v) is 6.45. The van der Waals surface area contributed by atoms with Crippen LogP contribution in [0.1, 0.15) is 23.0 Å². The summed E-state index contributed by atoms with van der Waals surface area (Å²) in [5.41, 5.74) is 1.89. The lowest BCUT2D eigenvalue weighted by Gasteiger charge is -2.12. The smallest absolute Gasteiger partial charge is 0.257 e. The van der Waals surface area contributed by atoms with Crippen LogP contribution in [0.4, 0.5) is 0 Å². The zero-order valence-corrected chi connectivity index (χ0v) is 11.8. The molecule has 0 bridgehead atoms. The zero-order valence-electron chi connectivity index (χ0n) is 11.8. The van der Waals surface area contributed by atoms with Gasteiger partial charge in [-0.2, -0.15) is 0 Å².